The smallest absolute Gasteiger partial charge is 0.252 e. The third-order valence-corrected chi connectivity index (χ3v) is 4.71. The Morgan fingerprint density at radius 1 is 0.833 bits per heavy atom. The Morgan fingerprint density at radius 2 is 1.57 bits per heavy atom. The normalized spacial score (nSPS) is 10.5. The molecule has 0 bridgehead atoms. The second kappa shape index (κ2) is 8.96. The second-order valence-electron chi connectivity index (χ2n) is 6.84. The van der Waals surface area contributed by atoms with Crippen molar-refractivity contribution in [3.05, 3.63) is 119 Å². The quantitative estimate of drug-likeness (QED) is 0.485. The molecule has 0 saturated carbocycles. The van der Waals surface area contributed by atoms with Crippen LogP contribution in [-0.4, -0.2) is 26.5 Å². The van der Waals surface area contributed by atoms with E-state index in [1.807, 2.05) is 42.5 Å². The maximum Gasteiger partial charge on any atom is 0.252 e. The lowest BCUT2D eigenvalue weighted by Crippen LogP contribution is -2.25. The van der Waals surface area contributed by atoms with E-state index in [0.717, 1.165) is 11.1 Å². The summed E-state index contributed by atoms with van der Waals surface area (Å²) in [6, 6.07) is 23.8. The molecule has 0 aliphatic rings. The van der Waals surface area contributed by atoms with Gasteiger partial charge in [-0.05, 0) is 17.2 Å². The summed E-state index contributed by atoms with van der Waals surface area (Å²) in [5.74, 6) is -0.451. The summed E-state index contributed by atoms with van der Waals surface area (Å²) >= 11 is 0. The van der Waals surface area contributed by atoms with Gasteiger partial charge in [-0.15, -0.1) is 0 Å². The van der Waals surface area contributed by atoms with Crippen molar-refractivity contribution in [1.82, 2.24) is 20.1 Å². The first-order valence-corrected chi connectivity index (χ1v) is 9.58. The fourth-order valence-corrected chi connectivity index (χ4v) is 3.24. The van der Waals surface area contributed by atoms with Gasteiger partial charge in [-0.2, -0.15) is 5.10 Å². The molecule has 0 fully saturated rings. The van der Waals surface area contributed by atoms with Crippen LogP contribution in [0.2, 0.25) is 0 Å². The zero-order chi connectivity index (χ0) is 20.8. The molecule has 4 aromatic rings. The largest absolute Gasteiger partial charge is 0.348 e. The maximum absolute atomic E-state index is 12.8. The van der Waals surface area contributed by atoms with E-state index in [2.05, 4.69) is 15.4 Å². The Kier molecular flexibility index (Phi) is 5.75. The summed E-state index contributed by atoms with van der Waals surface area (Å²) in [4.78, 5) is 29.6. The van der Waals surface area contributed by atoms with Crippen molar-refractivity contribution < 1.29 is 9.59 Å². The minimum Gasteiger partial charge on any atom is -0.348 e. The highest BCUT2D eigenvalue weighted by Gasteiger charge is 2.17. The van der Waals surface area contributed by atoms with Crippen LogP contribution in [0.3, 0.4) is 0 Å². The number of ketones is 1. The van der Waals surface area contributed by atoms with Gasteiger partial charge in [-0.25, -0.2) is 9.67 Å². The Bertz CT molecular complexity index is 1150. The predicted molar refractivity (Wildman–Crippen MR) is 113 cm³/mol. The van der Waals surface area contributed by atoms with Crippen LogP contribution >= 0.6 is 0 Å². The summed E-state index contributed by atoms with van der Waals surface area (Å²) < 4.78 is 1.74. The monoisotopic (exact) mass is 396 g/mol. The number of nitrogens with zero attached hydrogens (tertiary/aromatic N) is 3. The second-order valence-corrected chi connectivity index (χ2v) is 6.84. The van der Waals surface area contributed by atoms with Crippen molar-refractivity contribution in [1.29, 1.82) is 0 Å². The van der Waals surface area contributed by atoms with Gasteiger partial charge in [-0.1, -0.05) is 72.8 Å². The standard InChI is InChI=1S/C24H20N4O2/c29-23(20-9-2-1-3-10-20)21-11-4-5-12-22(21)24(30)26-14-18-7-6-8-19(13-18)15-28-17-25-16-27-28/h1-13,16-17H,14-15H2,(H,26,30). The number of hydrogen-bond acceptors (Lipinski definition) is 4. The highest BCUT2D eigenvalue weighted by atomic mass is 16.2. The van der Waals surface area contributed by atoms with E-state index in [1.165, 1.54) is 6.33 Å². The zero-order valence-electron chi connectivity index (χ0n) is 16.2. The number of benzene rings is 3. The highest BCUT2D eigenvalue weighted by molar-refractivity contribution is 6.15. The fraction of sp³-hybridized carbons (Fsp3) is 0.0833. The predicted octanol–water partition coefficient (Wildman–Crippen LogP) is 3.49. The summed E-state index contributed by atoms with van der Waals surface area (Å²) in [7, 11) is 0. The van der Waals surface area contributed by atoms with Gasteiger partial charge in [0.15, 0.2) is 5.78 Å². The molecular formula is C24H20N4O2. The number of hydrogen-bond donors (Lipinski definition) is 1. The minimum atomic E-state index is -0.281. The van der Waals surface area contributed by atoms with E-state index in [4.69, 9.17) is 0 Å². The van der Waals surface area contributed by atoms with Gasteiger partial charge in [0.1, 0.15) is 12.7 Å². The summed E-state index contributed by atoms with van der Waals surface area (Å²) in [5, 5.41) is 7.03. The lowest BCUT2D eigenvalue weighted by Gasteiger charge is -2.11. The van der Waals surface area contributed by atoms with Crippen molar-refractivity contribution in [2.75, 3.05) is 0 Å². The van der Waals surface area contributed by atoms with Crippen molar-refractivity contribution in [2.45, 2.75) is 13.1 Å². The molecule has 0 unspecified atom stereocenters. The first-order chi connectivity index (χ1) is 14.7. The maximum atomic E-state index is 12.8. The van der Waals surface area contributed by atoms with Gasteiger partial charge in [0, 0.05) is 17.7 Å². The minimum absolute atomic E-state index is 0.170. The third kappa shape index (κ3) is 4.50. The molecule has 1 N–H and O–H groups in total. The number of amides is 1. The van der Waals surface area contributed by atoms with E-state index in [1.54, 1.807) is 47.4 Å². The lowest BCUT2D eigenvalue weighted by molar-refractivity contribution is 0.0939. The Balaban J connectivity index is 1.47. The number of aromatic nitrogens is 3. The molecule has 6 heteroatoms. The van der Waals surface area contributed by atoms with E-state index in [0.29, 0.717) is 29.8 Å². The lowest BCUT2D eigenvalue weighted by atomic mass is 9.98. The van der Waals surface area contributed by atoms with Crippen molar-refractivity contribution >= 4 is 11.7 Å². The van der Waals surface area contributed by atoms with Crippen LogP contribution < -0.4 is 5.32 Å². The molecule has 0 saturated heterocycles. The molecule has 0 atom stereocenters. The topological polar surface area (TPSA) is 76.9 Å². The van der Waals surface area contributed by atoms with E-state index >= 15 is 0 Å². The van der Waals surface area contributed by atoms with Crippen molar-refractivity contribution in [2.24, 2.45) is 0 Å². The van der Waals surface area contributed by atoms with Gasteiger partial charge in [0.2, 0.25) is 0 Å². The van der Waals surface area contributed by atoms with Crippen LogP contribution in [0.1, 0.15) is 37.4 Å². The molecule has 0 aliphatic heterocycles. The first kappa shape index (κ1) is 19.3. The molecule has 3 aromatic carbocycles. The fourth-order valence-electron chi connectivity index (χ4n) is 3.24. The van der Waals surface area contributed by atoms with Crippen LogP contribution in [0.4, 0.5) is 0 Å². The molecule has 148 valence electrons. The summed E-state index contributed by atoms with van der Waals surface area (Å²) in [5.41, 5.74) is 3.34. The van der Waals surface area contributed by atoms with Crippen LogP contribution in [-0.2, 0) is 13.1 Å². The van der Waals surface area contributed by atoms with E-state index < -0.39 is 0 Å². The van der Waals surface area contributed by atoms with Gasteiger partial charge >= 0.3 is 0 Å². The number of carbonyl (C=O) groups excluding carboxylic acids is 2. The number of rotatable bonds is 7. The van der Waals surface area contributed by atoms with E-state index in [9.17, 15) is 9.59 Å². The SMILES string of the molecule is O=C(NCc1cccc(Cn2cncn2)c1)c1ccccc1C(=O)c1ccccc1. The van der Waals surface area contributed by atoms with Gasteiger partial charge in [0.25, 0.3) is 5.91 Å². The molecule has 30 heavy (non-hydrogen) atoms. The molecular weight excluding hydrogens is 376 g/mol. The average Bonchev–Trinajstić information content (AvgIpc) is 3.31. The molecule has 6 nitrogen and oxygen atoms in total. The average molecular weight is 396 g/mol. The van der Waals surface area contributed by atoms with Crippen molar-refractivity contribution in [3.63, 3.8) is 0 Å². The third-order valence-electron chi connectivity index (χ3n) is 4.71. The van der Waals surface area contributed by atoms with Gasteiger partial charge < -0.3 is 5.32 Å². The number of carbonyl (C=O) groups is 2. The molecule has 1 heterocycles. The van der Waals surface area contributed by atoms with Gasteiger partial charge in [0.05, 0.1) is 12.1 Å². The first-order valence-electron chi connectivity index (χ1n) is 9.58. The zero-order valence-corrected chi connectivity index (χ0v) is 16.2. The molecule has 1 aromatic heterocycles. The molecule has 0 aliphatic carbocycles. The molecule has 4 rings (SSSR count). The summed E-state index contributed by atoms with van der Waals surface area (Å²) in [6.45, 7) is 0.966. The molecule has 0 radical (unpaired) electrons. The van der Waals surface area contributed by atoms with Crippen LogP contribution in [0.15, 0.2) is 91.5 Å². The van der Waals surface area contributed by atoms with Crippen LogP contribution in [0.5, 0.6) is 0 Å². The Labute approximate surface area is 174 Å². The Hall–Kier alpha value is -4.06. The van der Waals surface area contributed by atoms with Crippen LogP contribution in [0, 0.1) is 0 Å². The summed E-state index contributed by atoms with van der Waals surface area (Å²) in [6.07, 6.45) is 3.16. The van der Waals surface area contributed by atoms with E-state index in [-0.39, 0.29) is 11.7 Å². The number of nitrogens with one attached hydrogen (secondary N) is 1. The molecule has 1 amide bonds. The van der Waals surface area contributed by atoms with Gasteiger partial charge in [-0.3, -0.25) is 9.59 Å². The molecule has 0 spiro atoms. The van der Waals surface area contributed by atoms with Crippen LogP contribution in [0.25, 0.3) is 0 Å². The van der Waals surface area contributed by atoms with Crippen molar-refractivity contribution in [3.8, 4) is 0 Å². The Morgan fingerprint density at radius 3 is 2.33 bits per heavy atom. The highest BCUT2D eigenvalue weighted by Crippen LogP contribution is 2.15.